The van der Waals surface area contributed by atoms with Crippen LogP contribution >= 0.6 is 11.3 Å². The number of aryl methyl sites for hydroxylation is 1. The molecule has 0 fully saturated rings. The highest BCUT2D eigenvalue weighted by atomic mass is 32.1. The van der Waals surface area contributed by atoms with Crippen LogP contribution in [0.5, 0.6) is 5.75 Å². The molecule has 0 saturated heterocycles. The number of thiophene rings is 1. The van der Waals surface area contributed by atoms with Crippen molar-refractivity contribution in [3.05, 3.63) is 98.3 Å². The van der Waals surface area contributed by atoms with Gasteiger partial charge in [-0.15, -0.1) is 11.3 Å². The van der Waals surface area contributed by atoms with Gasteiger partial charge in [0, 0.05) is 22.4 Å². The Morgan fingerprint density at radius 3 is 2.70 bits per heavy atom. The normalized spacial score (nSPS) is 11.9. The summed E-state index contributed by atoms with van der Waals surface area (Å²) in [4.78, 5) is 25.1. The number of carbonyl (C=O) groups excluding carboxylic acids is 1. The van der Waals surface area contributed by atoms with E-state index in [1.807, 2.05) is 24.4 Å². The van der Waals surface area contributed by atoms with Gasteiger partial charge in [0.15, 0.2) is 6.61 Å². The van der Waals surface area contributed by atoms with E-state index in [2.05, 4.69) is 5.32 Å². The highest BCUT2D eigenvalue weighted by Gasteiger charge is 2.18. The third kappa shape index (κ3) is 4.41. The van der Waals surface area contributed by atoms with E-state index < -0.39 is 11.7 Å². The van der Waals surface area contributed by atoms with Crippen molar-refractivity contribution in [1.29, 1.82) is 0 Å². The molecule has 4 rings (SSSR count). The lowest BCUT2D eigenvalue weighted by molar-refractivity contribution is -0.123. The molecule has 30 heavy (non-hydrogen) atoms. The standard InChI is InChI=1S/C23H18FNO4S/c1-14-11-22(27)29-19-12-17(8-9-18(14)19)28-13-21(26)25-23(20-3-2-10-30-20)15-4-6-16(24)7-5-15/h2-12,23H,13H2,1H3,(H,25,26). The van der Waals surface area contributed by atoms with E-state index in [9.17, 15) is 14.0 Å². The second kappa shape index (κ2) is 8.51. The molecule has 7 heteroatoms. The molecule has 2 aromatic heterocycles. The SMILES string of the molecule is Cc1cc(=O)oc2cc(OCC(=O)NC(c3ccc(F)cc3)c3cccs3)ccc12. The summed E-state index contributed by atoms with van der Waals surface area (Å²) < 4.78 is 24.1. The lowest BCUT2D eigenvalue weighted by Crippen LogP contribution is -2.32. The number of fused-ring (bicyclic) bond motifs is 1. The number of amides is 1. The topological polar surface area (TPSA) is 68.5 Å². The lowest BCUT2D eigenvalue weighted by Gasteiger charge is -2.18. The summed E-state index contributed by atoms with van der Waals surface area (Å²) in [5.74, 6) is -0.249. The van der Waals surface area contributed by atoms with Crippen molar-refractivity contribution < 1.29 is 18.3 Å². The highest BCUT2D eigenvalue weighted by molar-refractivity contribution is 7.10. The van der Waals surface area contributed by atoms with Gasteiger partial charge < -0.3 is 14.5 Å². The van der Waals surface area contributed by atoms with E-state index in [-0.39, 0.29) is 18.3 Å². The summed E-state index contributed by atoms with van der Waals surface area (Å²) in [6.07, 6.45) is 0. The summed E-state index contributed by atoms with van der Waals surface area (Å²) in [6.45, 7) is 1.61. The first kappa shape index (κ1) is 19.8. The van der Waals surface area contributed by atoms with Crippen molar-refractivity contribution in [2.75, 3.05) is 6.61 Å². The zero-order valence-electron chi connectivity index (χ0n) is 16.1. The Hall–Kier alpha value is -3.45. The number of ether oxygens (including phenoxy) is 1. The van der Waals surface area contributed by atoms with Gasteiger partial charge in [0.1, 0.15) is 17.1 Å². The fraction of sp³-hybridized carbons (Fsp3) is 0.130. The highest BCUT2D eigenvalue weighted by Crippen LogP contribution is 2.26. The third-order valence-corrected chi connectivity index (χ3v) is 5.57. The van der Waals surface area contributed by atoms with Gasteiger partial charge in [0.05, 0.1) is 6.04 Å². The molecule has 0 aliphatic rings. The minimum absolute atomic E-state index is 0.218. The van der Waals surface area contributed by atoms with Gasteiger partial charge in [-0.2, -0.15) is 0 Å². The number of rotatable bonds is 6. The predicted molar refractivity (Wildman–Crippen MR) is 113 cm³/mol. The monoisotopic (exact) mass is 423 g/mol. The Labute approximate surface area is 175 Å². The van der Waals surface area contributed by atoms with E-state index in [0.29, 0.717) is 11.3 Å². The van der Waals surface area contributed by atoms with Crippen molar-refractivity contribution in [1.82, 2.24) is 5.32 Å². The molecule has 0 spiro atoms. The van der Waals surface area contributed by atoms with Crippen LogP contribution in [0.25, 0.3) is 11.0 Å². The third-order valence-electron chi connectivity index (χ3n) is 4.63. The summed E-state index contributed by atoms with van der Waals surface area (Å²) in [5, 5.41) is 5.65. The smallest absolute Gasteiger partial charge is 0.336 e. The van der Waals surface area contributed by atoms with Gasteiger partial charge in [-0.1, -0.05) is 18.2 Å². The molecule has 5 nitrogen and oxygen atoms in total. The van der Waals surface area contributed by atoms with Crippen molar-refractivity contribution in [3.63, 3.8) is 0 Å². The van der Waals surface area contributed by atoms with Gasteiger partial charge >= 0.3 is 5.63 Å². The minimum atomic E-state index is -0.437. The van der Waals surface area contributed by atoms with Crippen molar-refractivity contribution >= 4 is 28.2 Å². The average molecular weight is 423 g/mol. The van der Waals surface area contributed by atoms with Gasteiger partial charge in [-0.05, 0) is 53.8 Å². The van der Waals surface area contributed by atoms with E-state index in [1.54, 1.807) is 30.3 Å². The van der Waals surface area contributed by atoms with Crippen LogP contribution in [0.1, 0.15) is 22.0 Å². The second-order valence-electron chi connectivity index (χ2n) is 6.76. The molecule has 0 saturated carbocycles. The summed E-state index contributed by atoms with van der Waals surface area (Å²) in [6, 6.07) is 15.9. The van der Waals surface area contributed by atoms with Crippen molar-refractivity contribution in [2.45, 2.75) is 13.0 Å². The van der Waals surface area contributed by atoms with E-state index in [0.717, 1.165) is 21.4 Å². The Morgan fingerprint density at radius 1 is 1.17 bits per heavy atom. The van der Waals surface area contributed by atoms with Gasteiger partial charge in [-0.3, -0.25) is 4.79 Å². The van der Waals surface area contributed by atoms with Gasteiger partial charge in [0.2, 0.25) is 0 Å². The first-order chi connectivity index (χ1) is 14.5. The molecule has 152 valence electrons. The maximum absolute atomic E-state index is 13.3. The van der Waals surface area contributed by atoms with E-state index in [4.69, 9.17) is 9.15 Å². The summed E-state index contributed by atoms with van der Waals surface area (Å²) in [5.41, 5.74) is 1.55. The fourth-order valence-electron chi connectivity index (χ4n) is 3.18. The van der Waals surface area contributed by atoms with E-state index >= 15 is 0 Å². The van der Waals surface area contributed by atoms with Crippen LogP contribution in [0, 0.1) is 12.7 Å². The number of hydrogen-bond donors (Lipinski definition) is 1. The van der Waals surface area contributed by atoms with Crippen molar-refractivity contribution in [2.24, 2.45) is 0 Å². The maximum Gasteiger partial charge on any atom is 0.336 e. The Balaban J connectivity index is 1.48. The summed E-state index contributed by atoms with van der Waals surface area (Å²) >= 11 is 1.50. The molecule has 0 bridgehead atoms. The van der Waals surface area contributed by atoms with Gasteiger partial charge in [0.25, 0.3) is 5.91 Å². The van der Waals surface area contributed by atoms with Crippen LogP contribution in [-0.2, 0) is 4.79 Å². The number of nitrogens with one attached hydrogen (secondary N) is 1. The molecule has 0 radical (unpaired) electrons. The molecule has 1 unspecified atom stereocenters. The Kier molecular flexibility index (Phi) is 5.63. The molecule has 0 aliphatic heterocycles. The maximum atomic E-state index is 13.3. The zero-order valence-corrected chi connectivity index (χ0v) is 16.9. The quantitative estimate of drug-likeness (QED) is 0.461. The Bertz CT molecular complexity index is 1230. The van der Waals surface area contributed by atoms with Crippen LogP contribution in [-0.4, -0.2) is 12.5 Å². The van der Waals surface area contributed by atoms with Gasteiger partial charge in [-0.25, -0.2) is 9.18 Å². The molecular formula is C23H18FNO4S. The molecular weight excluding hydrogens is 405 g/mol. The van der Waals surface area contributed by atoms with Crippen LogP contribution in [0.3, 0.4) is 0 Å². The summed E-state index contributed by atoms with van der Waals surface area (Å²) in [7, 11) is 0. The molecule has 0 aliphatic carbocycles. The number of benzene rings is 2. The molecule has 2 heterocycles. The predicted octanol–water partition coefficient (Wildman–Crippen LogP) is 4.59. The average Bonchev–Trinajstić information content (AvgIpc) is 3.25. The number of hydrogen-bond acceptors (Lipinski definition) is 5. The van der Waals surface area contributed by atoms with E-state index in [1.165, 1.54) is 29.5 Å². The molecule has 1 N–H and O–H groups in total. The van der Waals surface area contributed by atoms with Crippen LogP contribution in [0.15, 0.2) is 75.3 Å². The fourth-order valence-corrected chi connectivity index (χ4v) is 3.98. The number of halogens is 1. The first-order valence-corrected chi connectivity index (χ1v) is 10.1. The minimum Gasteiger partial charge on any atom is -0.484 e. The molecule has 4 aromatic rings. The first-order valence-electron chi connectivity index (χ1n) is 9.25. The van der Waals surface area contributed by atoms with Crippen LogP contribution in [0.2, 0.25) is 0 Å². The van der Waals surface area contributed by atoms with Crippen LogP contribution < -0.4 is 15.7 Å². The lowest BCUT2D eigenvalue weighted by atomic mass is 10.1. The van der Waals surface area contributed by atoms with Crippen molar-refractivity contribution in [3.8, 4) is 5.75 Å². The molecule has 2 aromatic carbocycles. The Morgan fingerprint density at radius 2 is 1.97 bits per heavy atom. The second-order valence-corrected chi connectivity index (χ2v) is 7.74. The largest absolute Gasteiger partial charge is 0.484 e. The molecule has 1 atom stereocenters. The zero-order chi connectivity index (χ0) is 21.1. The van der Waals surface area contributed by atoms with Crippen LogP contribution in [0.4, 0.5) is 4.39 Å². The molecule has 1 amide bonds. The number of carbonyl (C=O) groups is 1.